The first-order chi connectivity index (χ1) is 3.66. The number of aldehydes is 1. The number of rotatable bonds is 2. The van der Waals surface area contributed by atoms with Gasteiger partial charge in [0, 0.05) is 0 Å². The zero-order chi connectivity index (χ0) is 6.57. The standard InChI is InChI=1S/C4H6O4/c1-3(2-5)8-4(6)7/h2-3H,1H3,(H,6,7). The van der Waals surface area contributed by atoms with Gasteiger partial charge < -0.3 is 9.84 Å². The summed E-state index contributed by atoms with van der Waals surface area (Å²) >= 11 is 0. The Labute approximate surface area is 46.1 Å². The second kappa shape index (κ2) is 3.01. The average Bonchev–Trinajstić information content (AvgIpc) is 1.65. The van der Waals surface area contributed by atoms with Crippen LogP contribution in [0.3, 0.4) is 0 Å². The summed E-state index contributed by atoms with van der Waals surface area (Å²) < 4.78 is 3.95. The van der Waals surface area contributed by atoms with Crippen LogP contribution >= 0.6 is 0 Å². The molecular weight excluding hydrogens is 112 g/mol. The summed E-state index contributed by atoms with van der Waals surface area (Å²) in [5.41, 5.74) is 0. The summed E-state index contributed by atoms with van der Waals surface area (Å²) in [5, 5.41) is 7.83. The number of hydrogen-bond donors (Lipinski definition) is 1. The van der Waals surface area contributed by atoms with Crippen LogP contribution in [0.1, 0.15) is 6.92 Å². The molecule has 0 heterocycles. The van der Waals surface area contributed by atoms with Crippen LogP contribution < -0.4 is 0 Å². The van der Waals surface area contributed by atoms with Gasteiger partial charge in [0.15, 0.2) is 12.4 Å². The van der Waals surface area contributed by atoms with Crippen molar-refractivity contribution in [1.82, 2.24) is 0 Å². The van der Waals surface area contributed by atoms with Crippen molar-refractivity contribution < 1.29 is 19.4 Å². The van der Waals surface area contributed by atoms with Crippen molar-refractivity contribution in [2.75, 3.05) is 0 Å². The van der Waals surface area contributed by atoms with E-state index in [0.29, 0.717) is 6.29 Å². The quantitative estimate of drug-likeness (QED) is 0.417. The van der Waals surface area contributed by atoms with Crippen molar-refractivity contribution in [1.29, 1.82) is 0 Å². The Morgan fingerprint density at radius 3 is 2.50 bits per heavy atom. The molecule has 0 aromatic carbocycles. The molecule has 0 amide bonds. The van der Waals surface area contributed by atoms with Crippen LogP contribution in [-0.4, -0.2) is 23.7 Å². The zero-order valence-electron chi connectivity index (χ0n) is 4.33. The molecule has 0 spiro atoms. The lowest BCUT2D eigenvalue weighted by molar-refractivity contribution is -0.115. The first kappa shape index (κ1) is 6.94. The summed E-state index contributed by atoms with van der Waals surface area (Å²) in [6.45, 7) is 1.35. The highest BCUT2D eigenvalue weighted by atomic mass is 16.7. The van der Waals surface area contributed by atoms with E-state index >= 15 is 0 Å². The Hall–Kier alpha value is -1.06. The minimum atomic E-state index is -1.43. The predicted molar refractivity (Wildman–Crippen MR) is 24.6 cm³/mol. The van der Waals surface area contributed by atoms with Gasteiger partial charge in [-0.1, -0.05) is 0 Å². The molecule has 0 aliphatic rings. The van der Waals surface area contributed by atoms with Crippen molar-refractivity contribution >= 4 is 12.4 Å². The maximum atomic E-state index is 9.65. The van der Waals surface area contributed by atoms with Gasteiger partial charge in [0.25, 0.3) is 0 Å². The average molecular weight is 118 g/mol. The lowest BCUT2D eigenvalue weighted by Crippen LogP contribution is -2.13. The molecular formula is C4H6O4. The lowest BCUT2D eigenvalue weighted by Gasteiger charge is -1.98. The van der Waals surface area contributed by atoms with Gasteiger partial charge in [-0.05, 0) is 6.92 Å². The van der Waals surface area contributed by atoms with Gasteiger partial charge in [-0.2, -0.15) is 0 Å². The molecule has 0 saturated heterocycles. The molecule has 46 valence electrons. The van der Waals surface area contributed by atoms with E-state index in [4.69, 9.17) is 5.11 Å². The fraction of sp³-hybridized carbons (Fsp3) is 0.500. The molecule has 0 rings (SSSR count). The topological polar surface area (TPSA) is 63.6 Å². The molecule has 1 atom stereocenters. The number of carboxylic acid groups (broad SMARTS) is 1. The monoisotopic (exact) mass is 118 g/mol. The molecule has 0 saturated carbocycles. The number of carbonyl (C=O) groups is 2. The Morgan fingerprint density at radius 2 is 2.38 bits per heavy atom. The van der Waals surface area contributed by atoms with E-state index in [0.717, 1.165) is 0 Å². The second-order valence-corrected chi connectivity index (χ2v) is 1.22. The SMILES string of the molecule is CC(C=O)OC(=O)O. The van der Waals surface area contributed by atoms with E-state index < -0.39 is 12.3 Å². The van der Waals surface area contributed by atoms with Gasteiger partial charge in [0.05, 0.1) is 0 Å². The second-order valence-electron chi connectivity index (χ2n) is 1.22. The molecule has 0 bridgehead atoms. The van der Waals surface area contributed by atoms with E-state index in [1.54, 1.807) is 0 Å². The maximum Gasteiger partial charge on any atom is 0.506 e. The van der Waals surface area contributed by atoms with Gasteiger partial charge in [-0.15, -0.1) is 0 Å². The largest absolute Gasteiger partial charge is 0.506 e. The fourth-order valence-corrected chi connectivity index (χ4v) is 0.187. The molecule has 0 aliphatic carbocycles. The molecule has 4 nitrogen and oxygen atoms in total. The van der Waals surface area contributed by atoms with Crippen molar-refractivity contribution in [2.24, 2.45) is 0 Å². The lowest BCUT2D eigenvalue weighted by atomic mass is 10.5. The third kappa shape index (κ3) is 3.14. The summed E-state index contributed by atoms with van der Waals surface area (Å²) in [6.07, 6.45) is -1.87. The van der Waals surface area contributed by atoms with Gasteiger partial charge in [-0.3, -0.25) is 4.79 Å². The number of ether oxygens (including phenoxy) is 1. The van der Waals surface area contributed by atoms with Crippen molar-refractivity contribution in [3.05, 3.63) is 0 Å². The summed E-state index contributed by atoms with van der Waals surface area (Å²) in [4.78, 5) is 19.2. The van der Waals surface area contributed by atoms with Gasteiger partial charge in [0.1, 0.15) is 0 Å². The van der Waals surface area contributed by atoms with Crippen LogP contribution in [0.2, 0.25) is 0 Å². The van der Waals surface area contributed by atoms with Crippen LogP contribution in [0.15, 0.2) is 0 Å². The Bertz CT molecular complexity index is 98.2. The minimum absolute atomic E-state index is 0.411. The Kier molecular flexibility index (Phi) is 2.61. The van der Waals surface area contributed by atoms with Crippen molar-refractivity contribution in [3.63, 3.8) is 0 Å². The molecule has 0 aromatic heterocycles. The fourth-order valence-electron chi connectivity index (χ4n) is 0.187. The van der Waals surface area contributed by atoms with Gasteiger partial charge in [-0.25, -0.2) is 4.79 Å². The van der Waals surface area contributed by atoms with E-state index in [-0.39, 0.29) is 0 Å². The Balaban J connectivity index is 3.38. The third-order valence-electron chi connectivity index (χ3n) is 0.478. The predicted octanol–water partition coefficient (Wildman–Crippen LogP) is 0.268. The molecule has 8 heavy (non-hydrogen) atoms. The zero-order valence-corrected chi connectivity index (χ0v) is 4.33. The summed E-state index contributed by atoms with van der Waals surface area (Å²) in [5.74, 6) is 0. The first-order valence-corrected chi connectivity index (χ1v) is 2.01. The smallest absolute Gasteiger partial charge is 0.450 e. The third-order valence-corrected chi connectivity index (χ3v) is 0.478. The van der Waals surface area contributed by atoms with E-state index in [1.165, 1.54) is 6.92 Å². The van der Waals surface area contributed by atoms with Crippen LogP contribution in [0.5, 0.6) is 0 Å². The molecule has 0 radical (unpaired) electrons. The van der Waals surface area contributed by atoms with E-state index in [9.17, 15) is 9.59 Å². The van der Waals surface area contributed by atoms with E-state index in [1.807, 2.05) is 0 Å². The number of carbonyl (C=O) groups excluding carboxylic acids is 1. The van der Waals surface area contributed by atoms with Crippen LogP contribution in [0, 0.1) is 0 Å². The van der Waals surface area contributed by atoms with Crippen molar-refractivity contribution in [3.8, 4) is 0 Å². The Morgan fingerprint density at radius 1 is 1.88 bits per heavy atom. The highest BCUT2D eigenvalue weighted by Crippen LogP contribution is 1.83. The summed E-state index contributed by atoms with van der Waals surface area (Å²) in [6, 6.07) is 0. The molecule has 0 aromatic rings. The molecule has 1 N–H and O–H groups in total. The molecule has 1 unspecified atom stereocenters. The molecule has 4 heteroatoms. The van der Waals surface area contributed by atoms with Crippen LogP contribution in [-0.2, 0) is 9.53 Å². The normalized spacial score (nSPS) is 12.1. The van der Waals surface area contributed by atoms with Gasteiger partial charge >= 0.3 is 6.16 Å². The van der Waals surface area contributed by atoms with Crippen LogP contribution in [0.4, 0.5) is 4.79 Å². The highest BCUT2D eigenvalue weighted by molar-refractivity contribution is 5.63. The maximum absolute atomic E-state index is 9.65. The van der Waals surface area contributed by atoms with Gasteiger partial charge in [0.2, 0.25) is 0 Å². The van der Waals surface area contributed by atoms with Crippen molar-refractivity contribution in [2.45, 2.75) is 13.0 Å². The van der Waals surface area contributed by atoms with Crippen LogP contribution in [0.25, 0.3) is 0 Å². The molecule has 0 fully saturated rings. The van der Waals surface area contributed by atoms with E-state index in [2.05, 4.69) is 4.74 Å². The molecule has 0 aliphatic heterocycles. The first-order valence-electron chi connectivity index (χ1n) is 2.01. The number of hydrogen-bond acceptors (Lipinski definition) is 3. The summed E-state index contributed by atoms with van der Waals surface area (Å²) in [7, 11) is 0. The highest BCUT2D eigenvalue weighted by Gasteiger charge is 2.02. The minimum Gasteiger partial charge on any atom is -0.450 e.